The number of nitrogens with one attached hydrogen (secondary N) is 1. The van der Waals surface area contributed by atoms with Crippen LogP contribution in [0.2, 0.25) is 0 Å². The summed E-state index contributed by atoms with van der Waals surface area (Å²) in [6.45, 7) is 10.8. The first kappa shape index (κ1) is 24.9. The van der Waals surface area contributed by atoms with E-state index in [1.165, 1.54) is 0 Å². The molecule has 1 saturated carbocycles. The summed E-state index contributed by atoms with van der Waals surface area (Å²) >= 11 is 6.79. The Morgan fingerprint density at radius 3 is 2.33 bits per heavy atom. The van der Waals surface area contributed by atoms with E-state index in [1.807, 2.05) is 75.9 Å². The zero-order chi connectivity index (χ0) is 22.5. The zero-order valence-corrected chi connectivity index (χ0v) is 21.5. The van der Waals surface area contributed by atoms with Gasteiger partial charge in [-0.25, -0.2) is 4.79 Å². The van der Waals surface area contributed by atoms with Gasteiger partial charge in [0.05, 0.1) is 8.81 Å². The van der Waals surface area contributed by atoms with E-state index in [2.05, 4.69) is 37.2 Å². The fraction of sp³-hybridized carbons (Fsp3) is 0.565. The van der Waals surface area contributed by atoms with Gasteiger partial charge < -0.3 is 15.0 Å². The van der Waals surface area contributed by atoms with E-state index in [4.69, 9.17) is 4.74 Å². The topological polar surface area (TPSA) is 58.6 Å². The lowest BCUT2D eigenvalue weighted by atomic mass is 9.88. The van der Waals surface area contributed by atoms with Crippen LogP contribution in [-0.4, -0.2) is 41.6 Å². The van der Waals surface area contributed by atoms with Crippen LogP contribution in [0.25, 0.3) is 0 Å². The van der Waals surface area contributed by atoms with Gasteiger partial charge in [-0.15, -0.1) is 0 Å². The van der Waals surface area contributed by atoms with Gasteiger partial charge in [-0.2, -0.15) is 0 Å². The van der Waals surface area contributed by atoms with Gasteiger partial charge in [0.1, 0.15) is 5.60 Å². The summed E-state index contributed by atoms with van der Waals surface area (Å²) < 4.78 is 6.30. The molecule has 0 unspecified atom stereocenters. The summed E-state index contributed by atoms with van der Waals surface area (Å²) in [7, 11) is 0. The minimum absolute atomic E-state index is 0.0175. The summed E-state index contributed by atoms with van der Waals surface area (Å²) in [4.78, 5) is 28.0. The summed E-state index contributed by atoms with van der Waals surface area (Å²) in [6.07, 6.45) is 2.77. The highest BCUT2D eigenvalue weighted by atomic mass is 79.9. The normalized spacial score (nSPS) is 21.4. The molecule has 1 fully saturated rings. The molecule has 0 heterocycles. The summed E-state index contributed by atoms with van der Waals surface area (Å²) in [5.74, 6) is 0.109. The van der Waals surface area contributed by atoms with Gasteiger partial charge in [-0.3, -0.25) is 4.79 Å². The van der Waals surface area contributed by atoms with Gasteiger partial charge in [-0.1, -0.05) is 36.4 Å². The van der Waals surface area contributed by atoms with Crippen LogP contribution in [0.1, 0.15) is 53.0 Å². The molecule has 0 bridgehead atoms. The number of ether oxygens (including phenoxy) is 1. The highest BCUT2D eigenvalue weighted by Crippen LogP contribution is 2.57. The van der Waals surface area contributed by atoms with Gasteiger partial charge >= 0.3 is 6.09 Å². The Morgan fingerprint density at radius 2 is 1.83 bits per heavy atom. The number of hydrogen-bond donors (Lipinski definition) is 1. The largest absolute Gasteiger partial charge is 0.444 e. The van der Waals surface area contributed by atoms with E-state index >= 15 is 0 Å². The van der Waals surface area contributed by atoms with Gasteiger partial charge in [0.2, 0.25) is 5.91 Å². The lowest BCUT2D eigenvalue weighted by molar-refractivity contribution is -0.134. The Kier molecular flexibility index (Phi) is 8.57. The first-order valence-corrected chi connectivity index (χ1v) is 12.0. The number of hydrogen-bond acceptors (Lipinski definition) is 3. The van der Waals surface area contributed by atoms with Crippen molar-refractivity contribution in [2.75, 3.05) is 13.1 Å². The van der Waals surface area contributed by atoms with Gasteiger partial charge in [0.15, 0.2) is 0 Å². The number of alkyl carbamates (subject to hydrolysis) is 1. The van der Waals surface area contributed by atoms with Crippen molar-refractivity contribution in [1.82, 2.24) is 10.2 Å². The molecule has 1 N–H and O–H groups in total. The van der Waals surface area contributed by atoms with Crippen molar-refractivity contribution >= 4 is 43.9 Å². The van der Waals surface area contributed by atoms with Crippen molar-refractivity contribution in [3.8, 4) is 0 Å². The monoisotopic (exact) mass is 542 g/mol. The molecule has 0 saturated heterocycles. The minimum atomic E-state index is -0.625. The van der Waals surface area contributed by atoms with E-state index in [0.717, 1.165) is 8.96 Å². The Morgan fingerprint density at radius 1 is 1.23 bits per heavy atom. The molecule has 0 radical (unpaired) electrons. The third kappa shape index (κ3) is 6.10. The molecule has 5 nitrogen and oxygen atoms in total. The van der Waals surface area contributed by atoms with Crippen molar-refractivity contribution in [3.63, 3.8) is 0 Å². The molecule has 0 aliphatic heterocycles. The number of benzene rings is 1. The van der Waals surface area contributed by atoms with Crippen LogP contribution in [0.3, 0.4) is 0 Å². The number of carbonyl (C=O) groups excluding carboxylic acids is 2. The minimum Gasteiger partial charge on any atom is -0.444 e. The molecule has 30 heavy (non-hydrogen) atoms. The van der Waals surface area contributed by atoms with Crippen LogP contribution in [0.15, 0.2) is 39.8 Å². The predicted octanol–water partition coefficient (Wildman–Crippen LogP) is 5.73. The molecule has 1 aliphatic carbocycles. The van der Waals surface area contributed by atoms with Crippen LogP contribution in [0, 0.1) is 5.92 Å². The molecule has 2 rings (SSSR count). The smallest absolute Gasteiger partial charge is 0.407 e. The van der Waals surface area contributed by atoms with Crippen molar-refractivity contribution in [3.05, 3.63) is 45.4 Å². The number of carbonyl (C=O) groups is 2. The van der Waals surface area contributed by atoms with E-state index in [0.29, 0.717) is 25.9 Å². The van der Waals surface area contributed by atoms with Crippen LogP contribution in [0.5, 0.6) is 0 Å². The Hall–Kier alpha value is -1.34. The quantitative estimate of drug-likeness (QED) is 0.455. The van der Waals surface area contributed by atoms with Crippen molar-refractivity contribution in [2.45, 2.75) is 64.5 Å². The Balaban J connectivity index is 2.37. The molecule has 166 valence electrons. The SMILES string of the molecule is CCN(CC)C(=O)[C@@]1(c2ccccc2)C[C@H]1[C@H](CC=C(Br)Br)NC(=O)OC(C)(C)C. The summed E-state index contributed by atoms with van der Waals surface area (Å²) in [5.41, 5.74) is -0.207. The maximum Gasteiger partial charge on any atom is 0.407 e. The molecule has 0 spiro atoms. The second-order valence-electron chi connectivity index (χ2n) is 8.61. The van der Waals surface area contributed by atoms with Crippen molar-refractivity contribution in [1.29, 1.82) is 0 Å². The number of halogens is 2. The lowest BCUT2D eigenvalue weighted by Crippen LogP contribution is -2.45. The highest BCUT2D eigenvalue weighted by Gasteiger charge is 2.64. The van der Waals surface area contributed by atoms with Crippen LogP contribution in [-0.2, 0) is 14.9 Å². The number of likely N-dealkylation sites (N-methyl/N-ethyl adjacent to an activating group) is 1. The average Bonchev–Trinajstić information content (AvgIpc) is 3.42. The fourth-order valence-electron chi connectivity index (χ4n) is 4.00. The number of amides is 2. The Bertz CT molecular complexity index is 768. The first-order valence-electron chi connectivity index (χ1n) is 10.4. The summed E-state index contributed by atoms with van der Waals surface area (Å²) in [5, 5.41) is 3.03. The molecule has 1 aromatic carbocycles. The van der Waals surface area contributed by atoms with Crippen LogP contribution < -0.4 is 5.32 Å². The summed E-state index contributed by atoms with van der Waals surface area (Å²) in [6, 6.07) is 9.69. The van der Waals surface area contributed by atoms with Gasteiger partial charge in [-0.05, 0) is 90.8 Å². The molecule has 2 amide bonds. The Labute approximate surface area is 196 Å². The van der Waals surface area contributed by atoms with Crippen LogP contribution in [0.4, 0.5) is 4.79 Å². The zero-order valence-electron chi connectivity index (χ0n) is 18.4. The second-order valence-corrected chi connectivity index (χ2v) is 11.4. The van der Waals surface area contributed by atoms with E-state index in [1.54, 1.807) is 0 Å². The molecule has 1 aromatic rings. The highest BCUT2D eigenvalue weighted by molar-refractivity contribution is 9.28. The maximum absolute atomic E-state index is 13.6. The maximum atomic E-state index is 13.6. The van der Waals surface area contributed by atoms with Crippen molar-refractivity contribution in [2.24, 2.45) is 5.92 Å². The van der Waals surface area contributed by atoms with Gasteiger partial charge in [0, 0.05) is 19.1 Å². The second kappa shape index (κ2) is 10.3. The third-order valence-corrected chi connectivity index (χ3v) is 6.10. The molecule has 1 aliphatic rings. The molecule has 3 atom stereocenters. The standard InChI is InChI=1S/C23H32Br2N2O3/c1-6-27(7-2)20(28)23(16-11-9-8-10-12-16)15-17(23)18(13-14-19(24)25)26-21(29)30-22(3,4)5/h8-12,14,17-18H,6-7,13,15H2,1-5H3,(H,26,29)/t17-,18-,23+/m0/s1. The van der Waals surface area contributed by atoms with Gasteiger partial charge in [0.25, 0.3) is 0 Å². The lowest BCUT2D eigenvalue weighted by Gasteiger charge is -2.29. The average molecular weight is 544 g/mol. The third-order valence-electron chi connectivity index (χ3n) is 5.45. The first-order chi connectivity index (χ1) is 14.0. The van der Waals surface area contributed by atoms with E-state index in [-0.39, 0.29) is 17.9 Å². The molecular formula is C23H32Br2N2O3. The predicted molar refractivity (Wildman–Crippen MR) is 128 cm³/mol. The van der Waals surface area contributed by atoms with Crippen LogP contribution >= 0.6 is 31.9 Å². The molecule has 0 aromatic heterocycles. The fourth-order valence-corrected chi connectivity index (χ4v) is 4.38. The molecular weight excluding hydrogens is 512 g/mol. The van der Waals surface area contributed by atoms with E-state index < -0.39 is 17.1 Å². The number of nitrogens with zero attached hydrogens (tertiary/aromatic N) is 1. The van der Waals surface area contributed by atoms with Crippen molar-refractivity contribution < 1.29 is 14.3 Å². The molecule has 7 heteroatoms. The van der Waals surface area contributed by atoms with E-state index in [9.17, 15) is 9.59 Å². The number of rotatable bonds is 8.